The van der Waals surface area contributed by atoms with Gasteiger partial charge in [0.05, 0.1) is 12.7 Å². The van der Waals surface area contributed by atoms with E-state index in [1.54, 1.807) is 14.0 Å². The van der Waals surface area contributed by atoms with E-state index in [2.05, 4.69) is 22.3 Å². The third-order valence-electron chi connectivity index (χ3n) is 2.74. The summed E-state index contributed by atoms with van der Waals surface area (Å²) in [6.45, 7) is 4.80. The molecule has 2 N–H and O–H groups in total. The van der Waals surface area contributed by atoms with Gasteiger partial charge in [-0.1, -0.05) is 18.2 Å². The van der Waals surface area contributed by atoms with E-state index in [4.69, 9.17) is 4.74 Å². The Morgan fingerprint density at radius 1 is 1.39 bits per heavy atom. The summed E-state index contributed by atoms with van der Waals surface area (Å²) in [6.07, 6.45) is -0.329. The van der Waals surface area contributed by atoms with Crippen LogP contribution in [0, 0.1) is 0 Å². The molecule has 102 valence electrons. The third kappa shape index (κ3) is 5.04. The Morgan fingerprint density at radius 2 is 2.11 bits per heavy atom. The highest BCUT2D eigenvalue weighted by molar-refractivity contribution is 5.53. The zero-order valence-electron chi connectivity index (χ0n) is 11.5. The van der Waals surface area contributed by atoms with E-state index in [9.17, 15) is 5.11 Å². The number of hydrogen-bond acceptors (Lipinski definition) is 4. The fraction of sp³-hybridized carbons (Fsp3) is 0.571. The lowest BCUT2D eigenvalue weighted by atomic mass is 10.1. The zero-order chi connectivity index (χ0) is 13.4. The molecule has 0 aliphatic carbocycles. The van der Waals surface area contributed by atoms with Crippen LogP contribution in [0.1, 0.15) is 12.5 Å². The standard InChI is InChI=1S/C14H24N2O2/c1-12(17)11-16(2)14-7-5-4-6-13(14)10-15-8-9-18-3/h4-7,12,15,17H,8-11H2,1-3H3. The highest BCUT2D eigenvalue weighted by atomic mass is 16.5. The highest BCUT2D eigenvalue weighted by Crippen LogP contribution is 2.19. The number of benzene rings is 1. The third-order valence-corrected chi connectivity index (χ3v) is 2.74. The van der Waals surface area contributed by atoms with Gasteiger partial charge in [0, 0.05) is 39.5 Å². The van der Waals surface area contributed by atoms with E-state index >= 15 is 0 Å². The van der Waals surface area contributed by atoms with Gasteiger partial charge in [0.25, 0.3) is 0 Å². The van der Waals surface area contributed by atoms with E-state index in [1.807, 2.05) is 19.2 Å². The molecule has 0 saturated carbocycles. The minimum atomic E-state index is -0.329. The summed E-state index contributed by atoms with van der Waals surface area (Å²) in [6, 6.07) is 8.24. The van der Waals surface area contributed by atoms with Crippen molar-refractivity contribution in [2.24, 2.45) is 0 Å². The quantitative estimate of drug-likeness (QED) is 0.683. The molecular weight excluding hydrogens is 228 g/mol. The van der Waals surface area contributed by atoms with Gasteiger partial charge in [-0.25, -0.2) is 0 Å². The van der Waals surface area contributed by atoms with Gasteiger partial charge in [0.1, 0.15) is 0 Å². The number of rotatable bonds is 8. The average molecular weight is 252 g/mol. The fourth-order valence-electron chi connectivity index (χ4n) is 1.92. The molecule has 0 aliphatic rings. The van der Waals surface area contributed by atoms with E-state index in [-0.39, 0.29) is 6.10 Å². The van der Waals surface area contributed by atoms with Crippen molar-refractivity contribution in [3.63, 3.8) is 0 Å². The molecule has 0 radical (unpaired) electrons. The van der Waals surface area contributed by atoms with E-state index in [1.165, 1.54) is 5.56 Å². The molecule has 0 bridgehead atoms. The molecule has 0 heterocycles. The van der Waals surface area contributed by atoms with Crippen LogP contribution in [0.3, 0.4) is 0 Å². The van der Waals surface area contributed by atoms with Gasteiger partial charge in [0.15, 0.2) is 0 Å². The number of methoxy groups -OCH3 is 1. The second kappa shape index (κ2) is 8.08. The zero-order valence-corrected chi connectivity index (χ0v) is 11.5. The van der Waals surface area contributed by atoms with Crippen LogP contribution in [0.2, 0.25) is 0 Å². The lowest BCUT2D eigenvalue weighted by Gasteiger charge is -2.24. The maximum absolute atomic E-state index is 9.45. The molecule has 0 aliphatic heterocycles. The van der Waals surface area contributed by atoms with Crippen molar-refractivity contribution in [1.82, 2.24) is 5.32 Å². The number of nitrogens with one attached hydrogen (secondary N) is 1. The predicted molar refractivity (Wildman–Crippen MR) is 75.0 cm³/mol. The Morgan fingerprint density at radius 3 is 2.78 bits per heavy atom. The summed E-state index contributed by atoms with van der Waals surface area (Å²) in [5, 5.41) is 12.8. The first-order valence-electron chi connectivity index (χ1n) is 6.32. The van der Waals surface area contributed by atoms with Crippen LogP contribution < -0.4 is 10.2 Å². The Balaban J connectivity index is 2.61. The molecule has 4 nitrogen and oxygen atoms in total. The molecule has 1 rings (SSSR count). The largest absolute Gasteiger partial charge is 0.392 e. The van der Waals surface area contributed by atoms with Gasteiger partial charge in [-0.05, 0) is 18.6 Å². The molecule has 1 aromatic carbocycles. The van der Waals surface area contributed by atoms with Crippen LogP contribution in [0.25, 0.3) is 0 Å². The van der Waals surface area contributed by atoms with Crippen molar-refractivity contribution in [1.29, 1.82) is 0 Å². The summed E-state index contributed by atoms with van der Waals surface area (Å²) >= 11 is 0. The Bertz CT molecular complexity index is 342. The van der Waals surface area contributed by atoms with Crippen molar-refractivity contribution >= 4 is 5.69 Å². The van der Waals surface area contributed by atoms with Gasteiger partial charge < -0.3 is 20.1 Å². The lowest BCUT2D eigenvalue weighted by Crippen LogP contribution is -2.28. The number of para-hydroxylation sites is 1. The maximum Gasteiger partial charge on any atom is 0.0686 e. The van der Waals surface area contributed by atoms with Crippen LogP contribution in [0.4, 0.5) is 5.69 Å². The minimum absolute atomic E-state index is 0.329. The maximum atomic E-state index is 9.45. The van der Waals surface area contributed by atoms with Crippen LogP contribution >= 0.6 is 0 Å². The van der Waals surface area contributed by atoms with E-state index in [0.29, 0.717) is 13.2 Å². The number of hydrogen-bond donors (Lipinski definition) is 2. The predicted octanol–water partition coefficient (Wildman–Crippen LogP) is 1.24. The van der Waals surface area contributed by atoms with Crippen molar-refractivity contribution in [2.45, 2.75) is 19.6 Å². The smallest absolute Gasteiger partial charge is 0.0686 e. The Kier molecular flexibility index (Phi) is 6.72. The molecule has 0 fully saturated rings. The molecule has 0 saturated heterocycles. The molecule has 0 spiro atoms. The number of aliphatic hydroxyl groups excluding tert-OH is 1. The molecule has 18 heavy (non-hydrogen) atoms. The topological polar surface area (TPSA) is 44.7 Å². The van der Waals surface area contributed by atoms with Gasteiger partial charge in [-0.2, -0.15) is 0 Å². The van der Waals surface area contributed by atoms with Gasteiger partial charge in [0.2, 0.25) is 0 Å². The van der Waals surface area contributed by atoms with Crippen molar-refractivity contribution < 1.29 is 9.84 Å². The van der Waals surface area contributed by atoms with Gasteiger partial charge in [-0.15, -0.1) is 0 Å². The van der Waals surface area contributed by atoms with E-state index < -0.39 is 0 Å². The summed E-state index contributed by atoms with van der Waals surface area (Å²) < 4.78 is 5.00. The molecule has 1 aromatic rings. The first-order chi connectivity index (χ1) is 8.65. The van der Waals surface area contributed by atoms with Crippen LogP contribution in [0.15, 0.2) is 24.3 Å². The first-order valence-corrected chi connectivity index (χ1v) is 6.32. The molecule has 0 aromatic heterocycles. The fourth-order valence-corrected chi connectivity index (χ4v) is 1.92. The molecule has 0 amide bonds. The summed E-state index contributed by atoms with van der Waals surface area (Å²) in [5.74, 6) is 0. The molecule has 1 unspecified atom stereocenters. The molecule has 4 heteroatoms. The number of aliphatic hydroxyl groups is 1. The minimum Gasteiger partial charge on any atom is -0.392 e. The Hall–Kier alpha value is -1.10. The van der Waals surface area contributed by atoms with E-state index in [0.717, 1.165) is 18.8 Å². The van der Waals surface area contributed by atoms with Gasteiger partial charge >= 0.3 is 0 Å². The monoisotopic (exact) mass is 252 g/mol. The summed E-state index contributed by atoms with van der Waals surface area (Å²) in [4.78, 5) is 2.08. The van der Waals surface area contributed by atoms with Crippen molar-refractivity contribution in [3.8, 4) is 0 Å². The normalized spacial score (nSPS) is 12.4. The second-order valence-electron chi connectivity index (χ2n) is 4.53. The average Bonchev–Trinajstić information content (AvgIpc) is 2.34. The van der Waals surface area contributed by atoms with Crippen molar-refractivity contribution in [2.75, 3.05) is 38.8 Å². The van der Waals surface area contributed by atoms with Gasteiger partial charge in [-0.3, -0.25) is 0 Å². The first kappa shape index (κ1) is 15.0. The Labute approximate surface area is 110 Å². The molecule has 1 atom stereocenters. The number of nitrogens with zero attached hydrogens (tertiary/aromatic N) is 1. The van der Waals surface area contributed by atoms with Crippen LogP contribution in [0.5, 0.6) is 0 Å². The summed E-state index contributed by atoms with van der Waals surface area (Å²) in [7, 11) is 3.70. The lowest BCUT2D eigenvalue weighted by molar-refractivity contribution is 0.199. The number of anilines is 1. The number of ether oxygens (including phenoxy) is 1. The van der Waals surface area contributed by atoms with Crippen LogP contribution in [-0.4, -0.2) is 45.1 Å². The summed E-state index contributed by atoms with van der Waals surface area (Å²) in [5.41, 5.74) is 2.39. The highest BCUT2D eigenvalue weighted by Gasteiger charge is 2.08. The van der Waals surface area contributed by atoms with Crippen molar-refractivity contribution in [3.05, 3.63) is 29.8 Å². The number of likely N-dealkylation sites (N-methyl/N-ethyl adjacent to an activating group) is 1. The second-order valence-corrected chi connectivity index (χ2v) is 4.53. The molecular formula is C14H24N2O2. The van der Waals surface area contributed by atoms with Crippen LogP contribution in [-0.2, 0) is 11.3 Å². The SMILES string of the molecule is COCCNCc1ccccc1N(C)CC(C)O.